The summed E-state index contributed by atoms with van der Waals surface area (Å²) < 4.78 is 5.76. The third-order valence-corrected chi connectivity index (χ3v) is 4.19. The van der Waals surface area contributed by atoms with Gasteiger partial charge in [-0.05, 0) is 61.4 Å². The van der Waals surface area contributed by atoms with Gasteiger partial charge in [0.15, 0.2) is 0 Å². The molecule has 5 heteroatoms. The highest BCUT2D eigenvalue weighted by molar-refractivity contribution is 5.44. The zero-order valence-corrected chi connectivity index (χ0v) is 15.7. The van der Waals surface area contributed by atoms with Crippen molar-refractivity contribution in [3.05, 3.63) is 54.1 Å². The Kier molecular flexibility index (Phi) is 9.62. The zero-order valence-electron chi connectivity index (χ0n) is 15.7. The minimum atomic E-state index is 0.309. The Morgan fingerprint density at radius 1 is 0.741 bits per heavy atom. The van der Waals surface area contributed by atoms with Gasteiger partial charge in [-0.25, -0.2) is 0 Å². The van der Waals surface area contributed by atoms with Crippen molar-refractivity contribution in [2.24, 2.45) is 10.2 Å². The molecule has 0 aromatic heterocycles. The average molecular weight is 365 g/mol. The number of unbranched alkanes of at least 4 members (excludes halogenated alkanes) is 6. The van der Waals surface area contributed by atoms with Gasteiger partial charge in [0, 0.05) is 6.61 Å². The predicted molar refractivity (Wildman–Crippen MR) is 107 cm³/mol. The van der Waals surface area contributed by atoms with Crippen LogP contribution in [0.2, 0.25) is 0 Å². The molecule has 0 radical (unpaired) electrons. The molecule has 0 atom stereocenters. The van der Waals surface area contributed by atoms with Gasteiger partial charge in [-0.2, -0.15) is 15.5 Å². The van der Waals surface area contributed by atoms with Crippen molar-refractivity contribution in [1.82, 2.24) is 0 Å². The first kappa shape index (κ1) is 20.6. The zero-order chi connectivity index (χ0) is 19.2. The van der Waals surface area contributed by atoms with Gasteiger partial charge in [-0.1, -0.05) is 32.1 Å². The highest BCUT2D eigenvalue weighted by atomic mass is 16.5. The molecule has 2 aromatic rings. The van der Waals surface area contributed by atoms with Crippen LogP contribution in [-0.4, -0.2) is 18.3 Å². The van der Waals surface area contributed by atoms with Gasteiger partial charge < -0.3 is 9.84 Å². The Balaban J connectivity index is 1.64. The second kappa shape index (κ2) is 12.6. The third kappa shape index (κ3) is 8.48. The summed E-state index contributed by atoms with van der Waals surface area (Å²) in [6.07, 6.45) is 7.95. The van der Waals surface area contributed by atoms with E-state index >= 15 is 0 Å². The first-order chi connectivity index (χ1) is 13.3. The lowest BCUT2D eigenvalue weighted by Gasteiger charge is -2.06. The third-order valence-electron chi connectivity index (χ3n) is 4.19. The molecule has 0 saturated heterocycles. The maximum atomic E-state index is 8.78. The highest BCUT2D eigenvalue weighted by Crippen LogP contribution is 2.21. The summed E-state index contributed by atoms with van der Waals surface area (Å²) in [5.41, 5.74) is 2.08. The molecule has 0 heterocycles. The van der Waals surface area contributed by atoms with E-state index in [0.717, 1.165) is 37.3 Å². The van der Waals surface area contributed by atoms with E-state index in [9.17, 15) is 0 Å². The van der Waals surface area contributed by atoms with E-state index in [1.54, 1.807) is 24.3 Å². The lowest BCUT2D eigenvalue weighted by molar-refractivity contribution is 0.281. The van der Waals surface area contributed by atoms with Crippen molar-refractivity contribution in [2.75, 3.05) is 13.2 Å². The molecule has 0 saturated carbocycles. The molecular weight excluding hydrogens is 338 g/mol. The number of nitrogens with zero attached hydrogens (tertiary/aromatic N) is 3. The van der Waals surface area contributed by atoms with E-state index in [2.05, 4.69) is 16.3 Å². The van der Waals surface area contributed by atoms with Gasteiger partial charge in [-0.3, -0.25) is 0 Å². The van der Waals surface area contributed by atoms with Crippen molar-refractivity contribution in [3.8, 4) is 11.8 Å². The van der Waals surface area contributed by atoms with E-state index in [4.69, 9.17) is 15.1 Å². The normalized spacial score (nSPS) is 10.8. The molecule has 0 unspecified atom stereocenters. The summed E-state index contributed by atoms with van der Waals surface area (Å²) in [5.74, 6) is 0.843. The van der Waals surface area contributed by atoms with Crippen LogP contribution in [0.1, 0.15) is 50.5 Å². The smallest absolute Gasteiger partial charge is 0.119 e. The Labute approximate surface area is 161 Å². The molecule has 0 aliphatic rings. The van der Waals surface area contributed by atoms with E-state index in [0.29, 0.717) is 17.9 Å². The number of azo groups is 1. The minimum absolute atomic E-state index is 0.309. The molecular formula is C22H27N3O2. The van der Waals surface area contributed by atoms with Crippen molar-refractivity contribution in [2.45, 2.75) is 44.9 Å². The van der Waals surface area contributed by atoms with Gasteiger partial charge >= 0.3 is 0 Å². The molecule has 0 bridgehead atoms. The minimum Gasteiger partial charge on any atom is -0.494 e. The Bertz CT molecular complexity index is 719. The highest BCUT2D eigenvalue weighted by Gasteiger charge is 1.97. The average Bonchev–Trinajstić information content (AvgIpc) is 2.72. The summed E-state index contributed by atoms with van der Waals surface area (Å²) in [6, 6.07) is 16.6. The molecule has 0 amide bonds. The lowest BCUT2D eigenvalue weighted by atomic mass is 10.1. The number of rotatable bonds is 12. The van der Waals surface area contributed by atoms with Crippen LogP contribution in [0.4, 0.5) is 11.4 Å². The first-order valence-corrected chi connectivity index (χ1v) is 9.57. The van der Waals surface area contributed by atoms with Gasteiger partial charge in [0.25, 0.3) is 0 Å². The van der Waals surface area contributed by atoms with Crippen LogP contribution in [0, 0.1) is 11.3 Å². The van der Waals surface area contributed by atoms with Gasteiger partial charge in [-0.15, -0.1) is 0 Å². The van der Waals surface area contributed by atoms with Crippen molar-refractivity contribution < 1.29 is 9.84 Å². The summed E-state index contributed by atoms with van der Waals surface area (Å²) in [4.78, 5) is 0. The Hall–Kier alpha value is -2.71. The molecule has 5 nitrogen and oxygen atoms in total. The van der Waals surface area contributed by atoms with Gasteiger partial charge in [0.2, 0.25) is 0 Å². The standard InChI is InChI=1S/C22H27N3O2/c23-18-19-8-10-20(11-9-19)24-25-21-12-14-22(15-13-21)27-17-7-5-3-1-2-4-6-16-26/h8-15,26H,1-7,16-17H2. The van der Waals surface area contributed by atoms with Crippen LogP contribution < -0.4 is 4.74 Å². The molecule has 2 aromatic carbocycles. The Morgan fingerprint density at radius 2 is 1.26 bits per heavy atom. The summed E-state index contributed by atoms with van der Waals surface area (Å²) in [6.45, 7) is 1.03. The molecule has 27 heavy (non-hydrogen) atoms. The van der Waals surface area contributed by atoms with Gasteiger partial charge in [0.05, 0.1) is 29.6 Å². The molecule has 0 aliphatic carbocycles. The fraction of sp³-hybridized carbons (Fsp3) is 0.409. The second-order valence-electron chi connectivity index (χ2n) is 6.40. The lowest BCUT2D eigenvalue weighted by Crippen LogP contribution is -1.97. The second-order valence-corrected chi connectivity index (χ2v) is 6.40. The topological polar surface area (TPSA) is 78.0 Å². The summed E-state index contributed by atoms with van der Waals surface area (Å²) >= 11 is 0. The molecule has 142 valence electrons. The van der Waals surface area contributed by atoms with E-state index in [1.165, 1.54) is 25.7 Å². The van der Waals surface area contributed by atoms with E-state index in [1.807, 2.05) is 24.3 Å². The van der Waals surface area contributed by atoms with Crippen molar-refractivity contribution in [3.63, 3.8) is 0 Å². The summed E-state index contributed by atoms with van der Waals surface area (Å²) in [5, 5.41) is 25.9. The maximum Gasteiger partial charge on any atom is 0.119 e. The van der Waals surface area contributed by atoms with Crippen LogP contribution in [-0.2, 0) is 0 Å². The van der Waals surface area contributed by atoms with Crippen LogP contribution in [0.15, 0.2) is 58.8 Å². The number of hydrogen-bond acceptors (Lipinski definition) is 5. The summed E-state index contributed by atoms with van der Waals surface area (Å²) in [7, 11) is 0. The number of aliphatic hydroxyl groups excluding tert-OH is 1. The number of ether oxygens (including phenoxy) is 1. The van der Waals surface area contributed by atoms with Crippen LogP contribution >= 0.6 is 0 Å². The first-order valence-electron chi connectivity index (χ1n) is 9.57. The maximum absolute atomic E-state index is 8.78. The van der Waals surface area contributed by atoms with Crippen molar-refractivity contribution >= 4 is 11.4 Å². The molecule has 2 rings (SSSR count). The molecule has 1 N–H and O–H groups in total. The van der Waals surface area contributed by atoms with Crippen molar-refractivity contribution in [1.29, 1.82) is 5.26 Å². The molecule has 0 fully saturated rings. The number of hydrogen-bond donors (Lipinski definition) is 1. The van der Waals surface area contributed by atoms with E-state index < -0.39 is 0 Å². The van der Waals surface area contributed by atoms with Crippen LogP contribution in [0.5, 0.6) is 5.75 Å². The molecule has 0 aliphatic heterocycles. The fourth-order valence-electron chi connectivity index (χ4n) is 2.61. The quantitative estimate of drug-likeness (QED) is 0.366. The largest absolute Gasteiger partial charge is 0.494 e. The SMILES string of the molecule is N#Cc1ccc(N=Nc2ccc(OCCCCCCCCCO)cc2)cc1. The van der Waals surface area contributed by atoms with Crippen LogP contribution in [0.3, 0.4) is 0 Å². The number of aliphatic hydroxyl groups is 1. The molecule has 0 spiro atoms. The number of nitriles is 1. The predicted octanol–water partition coefficient (Wildman–Crippen LogP) is 6.08. The van der Waals surface area contributed by atoms with Crippen LogP contribution in [0.25, 0.3) is 0 Å². The fourth-order valence-corrected chi connectivity index (χ4v) is 2.61. The monoisotopic (exact) mass is 365 g/mol. The Morgan fingerprint density at radius 3 is 1.81 bits per heavy atom. The van der Waals surface area contributed by atoms with Gasteiger partial charge in [0.1, 0.15) is 5.75 Å². The number of benzene rings is 2. The van der Waals surface area contributed by atoms with E-state index in [-0.39, 0.29) is 0 Å².